The van der Waals surface area contributed by atoms with E-state index in [1.165, 1.54) is 6.07 Å². The van der Waals surface area contributed by atoms with E-state index in [1.54, 1.807) is 35.9 Å². The number of carbonyl (C=O) groups is 2. The number of aromatic carboxylic acids is 2. The van der Waals surface area contributed by atoms with Crippen LogP contribution in [-0.2, 0) is 0 Å². The zero-order chi connectivity index (χ0) is 15.1. The van der Waals surface area contributed by atoms with Gasteiger partial charge < -0.3 is 10.2 Å². The summed E-state index contributed by atoms with van der Waals surface area (Å²) in [6, 6.07) is 6.65. The van der Waals surface area contributed by atoms with Gasteiger partial charge >= 0.3 is 11.9 Å². The molecule has 3 aromatic rings. The first-order valence-corrected chi connectivity index (χ1v) is 6.85. The molecule has 0 atom stereocenters. The molecule has 0 fully saturated rings. The maximum absolute atomic E-state index is 11.2. The van der Waals surface area contributed by atoms with Gasteiger partial charge in [-0.15, -0.1) is 0 Å². The first kappa shape index (κ1) is 13.3. The minimum atomic E-state index is -1.01. The summed E-state index contributed by atoms with van der Waals surface area (Å²) in [5, 5.41) is 19.4. The summed E-state index contributed by atoms with van der Waals surface area (Å²) in [4.78, 5) is 26.7. The van der Waals surface area contributed by atoms with Gasteiger partial charge in [0.1, 0.15) is 4.88 Å². The Kier molecular flexibility index (Phi) is 2.99. The second kappa shape index (κ2) is 4.71. The van der Waals surface area contributed by atoms with Gasteiger partial charge in [0, 0.05) is 11.6 Å². The lowest BCUT2D eigenvalue weighted by Gasteiger charge is -2.01. The largest absolute Gasteiger partial charge is 0.478 e. The molecule has 0 saturated heterocycles. The molecule has 0 unspecified atom stereocenters. The fraction of sp³-hybridized carbons (Fsp3) is 0.0714. The Hall–Kier alpha value is -2.67. The highest BCUT2D eigenvalue weighted by Gasteiger charge is 2.17. The molecular formula is C14H10N2O4S. The minimum Gasteiger partial charge on any atom is -0.478 e. The SMILES string of the molecule is Cc1nc(-n2ccc3c(C(=O)O)cccc32)sc1C(=O)O. The number of carboxylic acid groups (broad SMARTS) is 2. The lowest BCUT2D eigenvalue weighted by atomic mass is 10.1. The van der Waals surface area contributed by atoms with Gasteiger partial charge in [-0.3, -0.25) is 4.57 Å². The number of rotatable bonds is 3. The predicted octanol–water partition coefficient (Wildman–Crippen LogP) is 2.79. The molecule has 0 aliphatic heterocycles. The molecule has 3 rings (SSSR count). The third-order valence-electron chi connectivity index (χ3n) is 3.15. The van der Waals surface area contributed by atoms with Crippen LogP contribution in [0.2, 0.25) is 0 Å². The van der Waals surface area contributed by atoms with Crippen molar-refractivity contribution in [1.82, 2.24) is 9.55 Å². The monoisotopic (exact) mass is 302 g/mol. The van der Waals surface area contributed by atoms with Gasteiger partial charge in [-0.2, -0.15) is 0 Å². The number of nitrogens with zero attached hydrogens (tertiary/aromatic N) is 2. The van der Waals surface area contributed by atoms with E-state index in [2.05, 4.69) is 4.98 Å². The van der Waals surface area contributed by atoms with Crippen LogP contribution in [0, 0.1) is 6.92 Å². The third kappa shape index (κ3) is 2.07. The highest BCUT2D eigenvalue weighted by atomic mass is 32.1. The van der Waals surface area contributed by atoms with Gasteiger partial charge in [-0.1, -0.05) is 17.4 Å². The van der Waals surface area contributed by atoms with Crippen molar-refractivity contribution in [2.24, 2.45) is 0 Å². The Bertz CT molecular complexity index is 878. The molecule has 0 radical (unpaired) electrons. The molecular weight excluding hydrogens is 292 g/mol. The zero-order valence-electron chi connectivity index (χ0n) is 10.9. The summed E-state index contributed by atoms with van der Waals surface area (Å²) in [5.41, 5.74) is 1.33. The highest BCUT2D eigenvalue weighted by Crippen LogP contribution is 2.27. The smallest absolute Gasteiger partial charge is 0.347 e. The Morgan fingerprint density at radius 1 is 1.19 bits per heavy atom. The number of carboxylic acids is 2. The minimum absolute atomic E-state index is 0.182. The first-order chi connectivity index (χ1) is 9.99. The number of hydrogen-bond donors (Lipinski definition) is 2. The normalized spacial score (nSPS) is 10.9. The molecule has 1 aromatic carbocycles. The fourth-order valence-electron chi connectivity index (χ4n) is 2.20. The maximum atomic E-state index is 11.2. The van der Waals surface area contributed by atoms with Crippen molar-refractivity contribution >= 4 is 34.2 Å². The van der Waals surface area contributed by atoms with E-state index in [-0.39, 0.29) is 10.4 Å². The van der Waals surface area contributed by atoms with Crippen LogP contribution in [0.5, 0.6) is 0 Å². The van der Waals surface area contributed by atoms with Crippen molar-refractivity contribution < 1.29 is 19.8 Å². The second-order valence-electron chi connectivity index (χ2n) is 4.45. The molecule has 7 heteroatoms. The van der Waals surface area contributed by atoms with E-state index in [0.717, 1.165) is 11.3 Å². The molecule has 2 N–H and O–H groups in total. The van der Waals surface area contributed by atoms with Gasteiger partial charge in [0.2, 0.25) is 0 Å². The molecule has 2 aromatic heterocycles. The van der Waals surface area contributed by atoms with E-state index < -0.39 is 11.9 Å². The third-order valence-corrected chi connectivity index (χ3v) is 4.29. The molecule has 0 spiro atoms. The summed E-state index contributed by atoms with van der Waals surface area (Å²) in [6.07, 6.45) is 1.70. The van der Waals surface area contributed by atoms with Crippen LogP contribution in [-0.4, -0.2) is 31.7 Å². The number of aromatic nitrogens is 2. The van der Waals surface area contributed by atoms with E-state index in [9.17, 15) is 14.7 Å². The van der Waals surface area contributed by atoms with Crippen LogP contribution in [0.4, 0.5) is 0 Å². The van der Waals surface area contributed by atoms with Crippen LogP contribution in [0.15, 0.2) is 30.5 Å². The number of fused-ring (bicyclic) bond motifs is 1. The standard InChI is InChI=1S/C14H10N2O4S/c1-7-11(13(19)20)21-14(15-7)16-6-5-8-9(12(17)18)3-2-4-10(8)16/h2-6H,1H3,(H,17,18)(H,19,20). The number of benzene rings is 1. The predicted molar refractivity (Wildman–Crippen MR) is 77.6 cm³/mol. The average molecular weight is 302 g/mol. The van der Waals surface area contributed by atoms with Crippen molar-refractivity contribution in [3.05, 3.63) is 46.6 Å². The molecule has 2 heterocycles. The molecule has 21 heavy (non-hydrogen) atoms. The molecule has 0 bridgehead atoms. The van der Waals surface area contributed by atoms with Gasteiger partial charge in [-0.05, 0) is 25.1 Å². The summed E-state index contributed by atoms with van der Waals surface area (Å²) < 4.78 is 1.70. The molecule has 6 nitrogen and oxygen atoms in total. The fourth-order valence-corrected chi connectivity index (χ4v) is 3.11. The topological polar surface area (TPSA) is 92.4 Å². The van der Waals surface area contributed by atoms with E-state index in [4.69, 9.17) is 5.11 Å². The Balaban J connectivity index is 2.22. The molecule has 0 saturated carbocycles. The maximum Gasteiger partial charge on any atom is 0.347 e. The van der Waals surface area contributed by atoms with Crippen LogP contribution in [0.25, 0.3) is 16.0 Å². The molecule has 0 aliphatic carbocycles. The number of thiazole rings is 1. The Labute approximate surface area is 122 Å². The number of aryl methyl sites for hydroxylation is 1. The first-order valence-electron chi connectivity index (χ1n) is 6.03. The lowest BCUT2D eigenvalue weighted by molar-refractivity contribution is 0.0689. The zero-order valence-corrected chi connectivity index (χ0v) is 11.7. The Morgan fingerprint density at radius 2 is 1.95 bits per heavy atom. The van der Waals surface area contributed by atoms with Crippen LogP contribution in [0.1, 0.15) is 25.7 Å². The van der Waals surface area contributed by atoms with Crippen LogP contribution < -0.4 is 0 Å². The van der Waals surface area contributed by atoms with Gasteiger partial charge in [-0.25, -0.2) is 14.6 Å². The van der Waals surface area contributed by atoms with Gasteiger partial charge in [0.15, 0.2) is 5.13 Å². The summed E-state index contributed by atoms with van der Waals surface area (Å²) >= 11 is 1.06. The summed E-state index contributed by atoms with van der Waals surface area (Å²) in [7, 11) is 0. The number of hydrogen-bond acceptors (Lipinski definition) is 4. The van der Waals surface area contributed by atoms with E-state index in [0.29, 0.717) is 21.7 Å². The second-order valence-corrected chi connectivity index (χ2v) is 5.42. The summed E-state index contributed by atoms with van der Waals surface area (Å²) in [5.74, 6) is -2.01. The van der Waals surface area contributed by atoms with Crippen LogP contribution >= 0.6 is 11.3 Å². The van der Waals surface area contributed by atoms with Crippen molar-refractivity contribution in [3.8, 4) is 5.13 Å². The summed E-state index contributed by atoms with van der Waals surface area (Å²) in [6.45, 7) is 1.64. The lowest BCUT2D eigenvalue weighted by Crippen LogP contribution is -1.97. The highest BCUT2D eigenvalue weighted by molar-refractivity contribution is 7.16. The van der Waals surface area contributed by atoms with Gasteiger partial charge in [0.05, 0.1) is 16.8 Å². The average Bonchev–Trinajstić information content (AvgIpc) is 3.01. The van der Waals surface area contributed by atoms with E-state index >= 15 is 0 Å². The van der Waals surface area contributed by atoms with Crippen molar-refractivity contribution in [2.45, 2.75) is 6.92 Å². The quantitative estimate of drug-likeness (QED) is 0.776. The van der Waals surface area contributed by atoms with Crippen molar-refractivity contribution in [1.29, 1.82) is 0 Å². The molecule has 0 amide bonds. The van der Waals surface area contributed by atoms with Crippen molar-refractivity contribution in [3.63, 3.8) is 0 Å². The molecule has 0 aliphatic rings. The van der Waals surface area contributed by atoms with E-state index in [1.807, 2.05) is 0 Å². The van der Waals surface area contributed by atoms with Crippen molar-refractivity contribution in [2.75, 3.05) is 0 Å². The van der Waals surface area contributed by atoms with Gasteiger partial charge in [0.25, 0.3) is 0 Å². The Morgan fingerprint density at radius 3 is 2.57 bits per heavy atom. The van der Waals surface area contributed by atoms with Crippen LogP contribution in [0.3, 0.4) is 0 Å². The molecule has 106 valence electrons.